The first-order valence-electron chi connectivity index (χ1n) is 6.47. The van der Waals surface area contributed by atoms with Crippen LogP contribution < -0.4 is 10.6 Å². The summed E-state index contributed by atoms with van der Waals surface area (Å²) in [5.41, 5.74) is -0.605. The Morgan fingerprint density at radius 3 is 2.05 bits per heavy atom. The van der Waals surface area contributed by atoms with Crippen LogP contribution in [-0.4, -0.2) is 41.4 Å². The average molecular weight is 274 g/mol. The largest absolute Gasteiger partial charge is 0.444 e. The maximum Gasteiger partial charge on any atom is 0.408 e. The van der Waals surface area contributed by atoms with Crippen molar-refractivity contribution in [2.45, 2.75) is 59.2 Å². The van der Waals surface area contributed by atoms with Crippen LogP contribution in [-0.2, 0) is 9.53 Å². The molecule has 19 heavy (non-hydrogen) atoms. The van der Waals surface area contributed by atoms with Gasteiger partial charge in [0.1, 0.15) is 11.6 Å². The van der Waals surface area contributed by atoms with Gasteiger partial charge in [-0.1, -0.05) is 13.8 Å². The molecule has 0 spiro atoms. The number of carbonyl (C=O) groups is 2. The summed E-state index contributed by atoms with van der Waals surface area (Å²) in [4.78, 5) is 23.3. The number of nitrogens with one attached hydrogen (secondary N) is 2. The number of alkyl carbamates (subject to hydrolysis) is 1. The van der Waals surface area contributed by atoms with Gasteiger partial charge in [-0.15, -0.1) is 0 Å². The van der Waals surface area contributed by atoms with E-state index in [-0.39, 0.29) is 24.5 Å². The molecule has 3 N–H and O–H groups in total. The van der Waals surface area contributed by atoms with Crippen molar-refractivity contribution in [2.24, 2.45) is 5.92 Å². The van der Waals surface area contributed by atoms with Gasteiger partial charge in [-0.3, -0.25) is 4.79 Å². The normalized spacial score (nSPS) is 14.7. The fourth-order valence-electron chi connectivity index (χ4n) is 1.28. The van der Waals surface area contributed by atoms with E-state index in [2.05, 4.69) is 10.6 Å². The first-order valence-corrected chi connectivity index (χ1v) is 6.47. The smallest absolute Gasteiger partial charge is 0.408 e. The lowest BCUT2D eigenvalue weighted by molar-refractivity contribution is -0.124. The lowest BCUT2D eigenvalue weighted by Crippen LogP contribution is -2.51. The number of hydrogen-bond acceptors (Lipinski definition) is 4. The molecule has 1 unspecified atom stereocenters. The Hall–Kier alpha value is -1.30. The van der Waals surface area contributed by atoms with Crippen LogP contribution >= 0.6 is 0 Å². The van der Waals surface area contributed by atoms with Crippen molar-refractivity contribution >= 4 is 12.0 Å². The van der Waals surface area contributed by atoms with Crippen molar-refractivity contribution in [3.8, 4) is 0 Å². The third-order valence-corrected chi connectivity index (χ3v) is 2.46. The van der Waals surface area contributed by atoms with E-state index in [0.29, 0.717) is 0 Å². The van der Waals surface area contributed by atoms with Gasteiger partial charge in [0, 0.05) is 0 Å². The van der Waals surface area contributed by atoms with Crippen LogP contribution in [0.3, 0.4) is 0 Å². The Labute approximate surface area is 114 Å². The molecule has 0 fully saturated rings. The number of carbonyl (C=O) groups excluding carboxylic acids is 2. The molecule has 2 amide bonds. The molecule has 0 heterocycles. The SMILES string of the molecule is CC(C)C(CO)NC(=O)[C@H](C)NC(=O)OC(C)(C)C. The van der Waals surface area contributed by atoms with E-state index in [1.807, 2.05) is 13.8 Å². The van der Waals surface area contributed by atoms with Crippen LogP contribution in [0.5, 0.6) is 0 Å². The van der Waals surface area contributed by atoms with E-state index < -0.39 is 17.7 Å². The predicted molar refractivity (Wildman–Crippen MR) is 72.7 cm³/mol. The maximum absolute atomic E-state index is 11.8. The van der Waals surface area contributed by atoms with Gasteiger partial charge in [0.2, 0.25) is 5.91 Å². The summed E-state index contributed by atoms with van der Waals surface area (Å²) >= 11 is 0. The monoisotopic (exact) mass is 274 g/mol. The van der Waals surface area contributed by atoms with Crippen molar-refractivity contribution < 1.29 is 19.4 Å². The summed E-state index contributed by atoms with van der Waals surface area (Å²) in [7, 11) is 0. The lowest BCUT2D eigenvalue weighted by atomic mass is 10.1. The number of aliphatic hydroxyl groups is 1. The van der Waals surface area contributed by atoms with Gasteiger partial charge >= 0.3 is 6.09 Å². The molecule has 6 nitrogen and oxygen atoms in total. The first kappa shape index (κ1) is 17.7. The third kappa shape index (κ3) is 7.66. The standard InChI is InChI=1S/C13H26N2O4/c1-8(2)10(7-16)15-11(17)9(3)14-12(18)19-13(4,5)6/h8-10,16H,7H2,1-6H3,(H,14,18)(H,15,17)/t9-,10?/m0/s1. The molecule has 0 bridgehead atoms. The van der Waals surface area contributed by atoms with Gasteiger partial charge in [0.15, 0.2) is 0 Å². The summed E-state index contributed by atoms with van der Waals surface area (Å²) in [6.07, 6.45) is -0.639. The second-order valence-electron chi connectivity index (χ2n) is 5.91. The van der Waals surface area contributed by atoms with Gasteiger partial charge in [-0.05, 0) is 33.6 Å². The molecule has 0 saturated heterocycles. The van der Waals surface area contributed by atoms with Crippen LogP contribution in [0.4, 0.5) is 4.79 Å². The Morgan fingerprint density at radius 2 is 1.68 bits per heavy atom. The van der Waals surface area contributed by atoms with Gasteiger partial charge < -0.3 is 20.5 Å². The van der Waals surface area contributed by atoms with Crippen molar-refractivity contribution in [3.05, 3.63) is 0 Å². The molecule has 0 aliphatic carbocycles. The quantitative estimate of drug-likeness (QED) is 0.699. The Balaban J connectivity index is 4.31. The molecule has 6 heteroatoms. The summed E-state index contributed by atoms with van der Waals surface area (Å²) in [5.74, 6) is -0.235. The first-order chi connectivity index (χ1) is 8.56. The molecule has 0 aromatic heterocycles. The maximum atomic E-state index is 11.8. The zero-order valence-corrected chi connectivity index (χ0v) is 12.6. The van der Waals surface area contributed by atoms with Crippen molar-refractivity contribution in [2.75, 3.05) is 6.61 Å². The van der Waals surface area contributed by atoms with E-state index in [0.717, 1.165) is 0 Å². The van der Waals surface area contributed by atoms with Crippen LogP contribution in [0, 0.1) is 5.92 Å². The highest BCUT2D eigenvalue weighted by atomic mass is 16.6. The number of rotatable bonds is 5. The highest BCUT2D eigenvalue weighted by Gasteiger charge is 2.23. The molecule has 112 valence electrons. The van der Waals surface area contributed by atoms with E-state index in [4.69, 9.17) is 9.84 Å². The summed E-state index contributed by atoms with van der Waals surface area (Å²) in [6, 6.07) is -1.04. The number of amides is 2. The zero-order valence-electron chi connectivity index (χ0n) is 12.6. The molecule has 0 aromatic rings. The summed E-state index contributed by atoms with van der Waals surface area (Å²) < 4.78 is 5.06. The molecular formula is C13H26N2O4. The van der Waals surface area contributed by atoms with Crippen molar-refractivity contribution in [1.29, 1.82) is 0 Å². The van der Waals surface area contributed by atoms with E-state index >= 15 is 0 Å². The van der Waals surface area contributed by atoms with Gasteiger partial charge in [0.05, 0.1) is 12.6 Å². The van der Waals surface area contributed by atoms with Gasteiger partial charge in [0.25, 0.3) is 0 Å². The van der Waals surface area contributed by atoms with Crippen molar-refractivity contribution in [1.82, 2.24) is 10.6 Å². The zero-order chi connectivity index (χ0) is 15.2. The Kier molecular flexibility index (Phi) is 6.83. The number of ether oxygens (including phenoxy) is 1. The number of aliphatic hydroxyl groups excluding tert-OH is 1. The highest BCUT2D eigenvalue weighted by Crippen LogP contribution is 2.07. The second kappa shape index (κ2) is 7.33. The Bertz CT molecular complexity index is 310. The molecule has 0 radical (unpaired) electrons. The second-order valence-corrected chi connectivity index (χ2v) is 5.91. The van der Waals surface area contributed by atoms with Gasteiger partial charge in [-0.2, -0.15) is 0 Å². The molecule has 0 saturated carbocycles. The van der Waals surface area contributed by atoms with Crippen molar-refractivity contribution in [3.63, 3.8) is 0 Å². The van der Waals surface area contributed by atoms with E-state index in [1.165, 1.54) is 0 Å². The molecule has 0 aliphatic heterocycles. The minimum Gasteiger partial charge on any atom is -0.444 e. The summed E-state index contributed by atoms with van der Waals surface area (Å²) in [5, 5.41) is 14.3. The molecule has 2 atom stereocenters. The molecule has 0 aliphatic rings. The predicted octanol–water partition coefficient (Wildman–Crippen LogP) is 1.03. The fourth-order valence-corrected chi connectivity index (χ4v) is 1.28. The molecule has 0 rings (SSSR count). The average Bonchev–Trinajstić information content (AvgIpc) is 2.21. The summed E-state index contributed by atoms with van der Waals surface area (Å²) in [6.45, 7) is 10.5. The third-order valence-electron chi connectivity index (χ3n) is 2.46. The minimum atomic E-state index is -0.720. The molecule has 0 aromatic carbocycles. The van der Waals surface area contributed by atoms with E-state index in [9.17, 15) is 9.59 Å². The van der Waals surface area contributed by atoms with Crippen LogP contribution in [0.15, 0.2) is 0 Å². The van der Waals surface area contributed by atoms with Gasteiger partial charge in [-0.25, -0.2) is 4.79 Å². The van der Waals surface area contributed by atoms with E-state index in [1.54, 1.807) is 27.7 Å². The molecular weight excluding hydrogens is 248 g/mol. The highest BCUT2D eigenvalue weighted by molar-refractivity contribution is 5.85. The van der Waals surface area contributed by atoms with Crippen LogP contribution in [0.25, 0.3) is 0 Å². The Morgan fingerprint density at radius 1 is 1.16 bits per heavy atom. The topological polar surface area (TPSA) is 87.7 Å². The minimum absolute atomic E-state index is 0.114. The van der Waals surface area contributed by atoms with Crippen LogP contribution in [0.2, 0.25) is 0 Å². The number of hydrogen-bond donors (Lipinski definition) is 3. The van der Waals surface area contributed by atoms with Crippen LogP contribution in [0.1, 0.15) is 41.5 Å². The fraction of sp³-hybridized carbons (Fsp3) is 0.846. The lowest BCUT2D eigenvalue weighted by Gasteiger charge is -2.24.